The Morgan fingerprint density at radius 2 is 2.10 bits per heavy atom. The minimum atomic E-state index is -0.923. The first-order chi connectivity index (χ1) is 9.95. The van der Waals surface area contributed by atoms with E-state index in [1.54, 1.807) is 18.2 Å². The number of amides is 1. The number of hydrogen-bond acceptors (Lipinski definition) is 3. The molecule has 3 unspecified atom stereocenters. The smallest absolute Gasteiger partial charge is 0.223 e. The van der Waals surface area contributed by atoms with Gasteiger partial charge in [0.05, 0.1) is 19.1 Å². The molecule has 0 saturated carbocycles. The number of rotatable bonds is 5. The van der Waals surface area contributed by atoms with Crippen molar-refractivity contribution in [3.05, 3.63) is 33.8 Å². The Labute approximate surface area is 134 Å². The molecule has 4 nitrogen and oxygen atoms in total. The summed E-state index contributed by atoms with van der Waals surface area (Å²) in [6, 6.07) is 4.84. The topological polar surface area (TPSA) is 58.6 Å². The standard InChI is InChI=1S/C15H19Cl2NO3/c1-9(10-2-3-21-8-10)18-15(20)7-14(19)11-4-12(16)6-13(17)5-11/h4-6,9-10,14,19H,2-3,7-8H2,1H3,(H,18,20). The molecule has 1 saturated heterocycles. The molecule has 116 valence electrons. The van der Waals surface area contributed by atoms with Crippen molar-refractivity contribution in [2.75, 3.05) is 13.2 Å². The maximum Gasteiger partial charge on any atom is 0.223 e. The van der Waals surface area contributed by atoms with Gasteiger partial charge in [-0.2, -0.15) is 0 Å². The van der Waals surface area contributed by atoms with Crippen molar-refractivity contribution in [1.29, 1.82) is 0 Å². The number of carbonyl (C=O) groups is 1. The maximum absolute atomic E-state index is 12.0. The second-order valence-corrected chi connectivity index (χ2v) is 6.28. The quantitative estimate of drug-likeness (QED) is 0.872. The van der Waals surface area contributed by atoms with E-state index >= 15 is 0 Å². The van der Waals surface area contributed by atoms with E-state index in [1.165, 1.54) is 0 Å². The second kappa shape index (κ2) is 7.45. The fourth-order valence-corrected chi connectivity index (χ4v) is 2.98. The van der Waals surface area contributed by atoms with E-state index in [-0.39, 0.29) is 18.4 Å². The summed E-state index contributed by atoms with van der Waals surface area (Å²) in [5, 5.41) is 13.9. The Kier molecular flexibility index (Phi) is 5.88. The fourth-order valence-electron chi connectivity index (χ4n) is 2.44. The van der Waals surface area contributed by atoms with Gasteiger partial charge in [-0.25, -0.2) is 0 Å². The van der Waals surface area contributed by atoms with Crippen molar-refractivity contribution in [3.63, 3.8) is 0 Å². The summed E-state index contributed by atoms with van der Waals surface area (Å²) < 4.78 is 5.31. The Hall–Kier alpha value is -0.810. The van der Waals surface area contributed by atoms with Crippen molar-refractivity contribution in [2.24, 2.45) is 5.92 Å². The van der Waals surface area contributed by atoms with Crippen LogP contribution in [-0.2, 0) is 9.53 Å². The lowest BCUT2D eigenvalue weighted by atomic mass is 10.00. The summed E-state index contributed by atoms with van der Waals surface area (Å²) in [5.41, 5.74) is 0.541. The van der Waals surface area contributed by atoms with Gasteiger partial charge in [0.15, 0.2) is 0 Å². The number of hydrogen-bond donors (Lipinski definition) is 2. The second-order valence-electron chi connectivity index (χ2n) is 5.40. The molecule has 1 fully saturated rings. The lowest BCUT2D eigenvalue weighted by Crippen LogP contribution is -2.38. The molecule has 2 rings (SSSR count). The molecule has 1 aromatic carbocycles. The van der Waals surface area contributed by atoms with Crippen LogP contribution >= 0.6 is 23.2 Å². The van der Waals surface area contributed by atoms with Crippen molar-refractivity contribution in [1.82, 2.24) is 5.32 Å². The van der Waals surface area contributed by atoms with Crippen molar-refractivity contribution in [2.45, 2.75) is 31.9 Å². The molecule has 1 heterocycles. The van der Waals surface area contributed by atoms with E-state index in [0.717, 1.165) is 13.0 Å². The van der Waals surface area contributed by atoms with E-state index in [2.05, 4.69) is 5.32 Å². The highest BCUT2D eigenvalue weighted by atomic mass is 35.5. The molecular weight excluding hydrogens is 313 g/mol. The Morgan fingerprint density at radius 3 is 2.67 bits per heavy atom. The van der Waals surface area contributed by atoms with Crippen LogP contribution in [0, 0.1) is 5.92 Å². The first-order valence-corrected chi connectivity index (χ1v) is 7.72. The summed E-state index contributed by atoms with van der Waals surface area (Å²) in [7, 11) is 0. The molecule has 0 aromatic heterocycles. The molecule has 1 aliphatic heterocycles. The first kappa shape index (κ1) is 16.6. The SMILES string of the molecule is CC(NC(=O)CC(O)c1cc(Cl)cc(Cl)c1)C1CCOC1. The number of benzene rings is 1. The Morgan fingerprint density at radius 1 is 1.43 bits per heavy atom. The predicted octanol–water partition coefficient (Wildman–Crippen LogP) is 2.96. The molecule has 1 aromatic rings. The fraction of sp³-hybridized carbons (Fsp3) is 0.533. The molecule has 0 radical (unpaired) electrons. The highest BCUT2D eigenvalue weighted by molar-refractivity contribution is 6.34. The number of aliphatic hydroxyl groups is 1. The zero-order chi connectivity index (χ0) is 15.4. The van der Waals surface area contributed by atoms with Gasteiger partial charge in [0.1, 0.15) is 0 Å². The van der Waals surface area contributed by atoms with Crippen LogP contribution in [0.15, 0.2) is 18.2 Å². The van der Waals surface area contributed by atoms with Crippen LogP contribution in [0.4, 0.5) is 0 Å². The zero-order valence-electron chi connectivity index (χ0n) is 11.8. The lowest BCUT2D eigenvalue weighted by Gasteiger charge is -2.20. The molecule has 1 amide bonds. The van der Waals surface area contributed by atoms with Gasteiger partial charge in [-0.3, -0.25) is 4.79 Å². The van der Waals surface area contributed by atoms with Gasteiger partial charge in [-0.05, 0) is 37.1 Å². The van der Waals surface area contributed by atoms with Crippen molar-refractivity contribution < 1.29 is 14.6 Å². The minimum Gasteiger partial charge on any atom is -0.388 e. The molecule has 6 heteroatoms. The van der Waals surface area contributed by atoms with Gasteiger partial charge < -0.3 is 15.2 Å². The Balaban J connectivity index is 1.89. The molecule has 21 heavy (non-hydrogen) atoms. The Bertz CT molecular complexity index is 483. The van der Waals surface area contributed by atoms with E-state index < -0.39 is 6.10 Å². The van der Waals surface area contributed by atoms with Crippen LogP contribution in [0.1, 0.15) is 31.4 Å². The summed E-state index contributed by atoms with van der Waals surface area (Å²) in [6.45, 7) is 3.38. The number of carbonyl (C=O) groups excluding carboxylic acids is 1. The van der Waals surface area contributed by atoms with Crippen LogP contribution in [0.3, 0.4) is 0 Å². The van der Waals surface area contributed by atoms with Gasteiger partial charge in [-0.15, -0.1) is 0 Å². The zero-order valence-corrected chi connectivity index (χ0v) is 13.3. The van der Waals surface area contributed by atoms with Crippen molar-refractivity contribution in [3.8, 4) is 0 Å². The third kappa shape index (κ3) is 4.85. The molecule has 0 spiro atoms. The first-order valence-electron chi connectivity index (χ1n) is 6.97. The van der Waals surface area contributed by atoms with Gasteiger partial charge in [0, 0.05) is 28.6 Å². The number of ether oxygens (including phenoxy) is 1. The van der Waals surface area contributed by atoms with Gasteiger partial charge >= 0.3 is 0 Å². The molecule has 1 aliphatic rings. The van der Waals surface area contributed by atoms with Crippen LogP contribution in [-0.4, -0.2) is 30.3 Å². The van der Waals surface area contributed by atoms with E-state index in [9.17, 15) is 9.90 Å². The molecule has 0 aliphatic carbocycles. The number of nitrogens with one attached hydrogen (secondary N) is 1. The molecule has 2 N–H and O–H groups in total. The average molecular weight is 332 g/mol. The largest absolute Gasteiger partial charge is 0.388 e. The van der Waals surface area contributed by atoms with Gasteiger partial charge in [0.25, 0.3) is 0 Å². The minimum absolute atomic E-state index is 0.0193. The predicted molar refractivity (Wildman–Crippen MR) is 82.6 cm³/mol. The number of aliphatic hydroxyl groups excluding tert-OH is 1. The maximum atomic E-state index is 12.0. The lowest BCUT2D eigenvalue weighted by molar-refractivity contribution is -0.124. The van der Waals surface area contributed by atoms with Crippen molar-refractivity contribution >= 4 is 29.1 Å². The average Bonchev–Trinajstić information content (AvgIpc) is 2.91. The van der Waals surface area contributed by atoms with Crippen LogP contribution in [0.2, 0.25) is 10.0 Å². The summed E-state index contributed by atoms with van der Waals surface area (Å²) in [5.74, 6) is 0.143. The third-order valence-corrected chi connectivity index (χ3v) is 4.15. The van der Waals surface area contributed by atoms with Crippen LogP contribution in [0.25, 0.3) is 0 Å². The summed E-state index contributed by atoms with van der Waals surface area (Å²) >= 11 is 11.8. The van der Waals surface area contributed by atoms with Crippen LogP contribution in [0.5, 0.6) is 0 Å². The van der Waals surface area contributed by atoms with E-state index in [4.69, 9.17) is 27.9 Å². The highest BCUT2D eigenvalue weighted by Gasteiger charge is 2.24. The third-order valence-electron chi connectivity index (χ3n) is 3.71. The molecular formula is C15H19Cl2NO3. The molecule has 3 atom stereocenters. The van der Waals surface area contributed by atoms with Gasteiger partial charge in [-0.1, -0.05) is 23.2 Å². The van der Waals surface area contributed by atoms with E-state index in [1.807, 2.05) is 6.92 Å². The van der Waals surface area contributed by atoms with Crippen LogP contribution < -0.4 is 5.32 Å². The molecule has 0 bridgehead atoms. The van der Waals surface area contributed by atoms with E-state index in [0.29, 0.717) is 28.1 Å². The monoisotopic (exact) mass is 331 g/mol. The normalized spacial score (nSPS) is 21.0. The number of halogens is 2. The summed E-state index contributed by atoms with van der Waals surface area (Å²) in [4.78, 5) is 12.0. The van der Waals surface area contributed by atoms with Gasteiger partial charge in [0.2, 0.25) is 5.91 Å². The highest BCUT2D eigenvalue weighted by Crippen LogP contribution is 2.25. The summed E-state index contributed by atoms with van der Waals surface area (Å²) in [6.07, 6.45) is 0.0101.